The summed E-state index contributed by atoms with van der Waals surface area (Å²) in [6, 6.07) is 12.4. The van der Waals surface area contributed by atoms with E-state index in [2.05, 4.69) is 27.0 Å². The van der Waals surface area contributed by atoms with Gasteiger partial charge in [0.2, 0.25) is 0 Å². The Morgan fingerprint density at radius 3 is 2.74 bits per heavy atom. The third-order valence-electron chi connectivity index (χ3n) is 4.53. The van der Waals surface area contributed by atoms with Crippen molar-refractivity contribution >= 4 is 37.5 Å². The zero-order chi connectivity index (χ0) is 19.1. The van der Waals surface area contributed by atoms with E-state index in [-0.39, 0.29) is 17.9 Å². The van der Waals surface area contributed by atoms with E-state index >= 15 is 0 Å². The monoisotopic (exact) mass is 442 g/mol. The Morgan fingerprint density at radius 1 is 1.15 bits per heavy atom. The lowest BCUT2D eigenvalue weighted by Crippen LogP contribution is -2.24. The van der Waals surface area contributed by atoms with Crippen LogP contribution in [0.3, 0.4) is 0 Å². The van der Waals surface area contributed by atoms with Gasteiger partial charge in [-0.25, -0.2) is 9.37 Å². The van der Waals surface area contributed by atoms with E-state index in [1.54, 1.807) is 10.6 Å². The molecular weight excluding hydrogens is 427 g/mol. The molecule has 0 aliphatic rings. The summed E-state index contributed by atoms with van der Waals surface area (Å²) in [5.41, 5.74) is 3.59. The first-order chi connectivity index (χ1) is 12.9. The van der Waals surface area contributed by atoms with Crippen LogP contribution in [0.5, 0.6) is 0 Å². The Bertz CT molecular complexity index is 1230. The molecule has 2 heterocycles. The molecule has 27 heavy (non-hydrogen) atoms. The third kappa shape index (κ3) is 3.35. The minimum atomic E-state index is -0.313. The van der Waals surface area contributed by atoms with Crippen LogP contribution in [0.25, 0.3) is 21.3 Å². The van der Waals surface area contributed by atoms with Gasteiger partial charge in [0.05, 0.1) is 11.9 Å². The molecule has 0 unspecified atom stereocenters. The molecule has 136 valence electrons. The quantitative estimate of drug-likeness (QED) is 0.408. The Morgan fingerprint density at radius 2 is 1.96 bits per heavy atom. The van der Waals surface area contributed by atoms with Crippen LogP contribution in [0.1, 0.15) is 17.0 Å². The number of hydrogen-bond acceptors (Lipinski definition) is 3. The van der Waals surface area contributed by atoms with Crippen LogP contribution in [-0.4, -0.2) is 9.55 Å². The van der Waals surface area contributed by atoms with Crippen LogP contribution < -0.4 is 5.56 Å². The SMILES string of the molecule is Cc1ccc(Br)c(-c2csc3nc(C)n(Cc4cccc(F)c4)c(=O)c23)c1. The number of rotatable bonds is 3. The van der Waals surface area contributed by atoms with Crippen LogP contribution in [0.4, 0.5) is 4.39 Å². The van der Waals surface area contributed by atoms with Gasteiger partial charge in [0.25, 0.3) is 5.56 Å². The molecule has 0 saturated heterocycles. The van der Waals surface area contributed by atoms with E-state index in [0.29, 0.717) is 11.2 Å². The van der Waals surface area contributed by atoms with Crippen molar-refractivity contribution in [3.05, 3.63) is 85.4 Å². The van der Waals surface area contributed by atoms with Gasteiger partial charge in [-0.3, -0.25) is 9.36 Å². The molecule has 0 spiro atoms. The summed E-state index contributed by atoms with van der Waals surface area (Å²) in [5.74, 6) is 0.306. The van der Waals surface area contributed by atoms with Crippen LogP contribution >= 0.6 is 27.3 Å². The molecule has 0 aliphatic heterocycles. The number of thiophene rings is 1. The molecule has 6 heteroatoms. The van der Waals surface area contributed by atoms with Crippen LogP contribution in [0, 0.1) is 19.7 Å². The lowest BCUT2D eigenvalue weighted by atomic mass is 10.0. The highest BCUT2D eigenvalue weighted by atomic mass is 79.9. The van der Waals surface area contributed by atoms with Gasteiger partial charge in [-0.1, -0.05) is 45.8 Å². The summed E-state index contributed by atoms with van der Waals surface area (Å²) in [4.78, 5) is 18.7. The predicted octanol–water partition coefficient (Wildman–Crippen LogP) is 5.69. The van der Waals surface area contributed by atoms with Crippen molar-refractivity contribution in [2.45, 2.75) is 20.4 Å². The molecule has 2 aromatic carbocycles. The van der Waals surface area contributed by atoms with Crippen molar-refractivity contribution in [1.82, 2.24) is 9.55 Å². The van der Waals surface area contributed by atoms with Crippen molar-refractivity contribution < 1.29 is 4.39 Å². The molecule has 3 nitrogen and oxygen atoms in total. The fraction of sp³-hybridized carbons (Fsp3) is 0.143. The molecule has 0 radical (unpaired) electrons. The zero-order valence-corrected chi connectivity index (χ0v) is 17.2. The largest absolute Gasteiger partial charge is 0.292 e. The second-order valence-corrected chi connectivity index (χ2v) is 8.21. The van der Waals surface area contributed by atoms with Crippen molar-refractivity contribution in [3.63, 3.8) is 0 Å². The molecule has 0 amide bonds. The van der Waals surface area contributed by atoms with Gasteiger partial charge in [0.1, 0.15) is 16.5 Å². The summed E-state index contributed by atoms with van der Waals surface area (Å²) in [6.07, 6.45) is 0. The first kappa shape index (κ1) is 18.1. The standard InChI is InChI=1S/C21H16BrFN2OS/c1-12-6-7-18(22)16(8-12)17-11-27-20-19(17)21(26)25(13(2)24-20)10-14-4-3-5-15(23)9-14/h3-9,11H,10H2,1-2H3. The van der Waals surface area contributed by atoms with Crippen LogP contribution in [0.15, 0.2) is 57.1 Å². The second kappa shape index (κ2) is 7.02. The lowest BCUT2D eigenvalue weighted by molar-refractivity contribution is 0.621. The number of benzene rings is 2. The average Bonchev–Trinajstić information content (AvgIpc) is 3.04. The third-order valence-corrected chi connectivity index (χ3v) is 6.09. The summed E-state index contributed by atoms with van der Waals surface area (Å²) >= 11 is 5.05. The average molecular weight is 443 g/mol. The van der Waals surface area contributed by atoms with Gasteiger partial charge in [-0.15, -0.1) is 11.3 Å². The van der Waals surface area contributed by atoms with E-state index in [0.717, 1.165) is 31.6 Å². The molecule has 0 saturated carbocycles. The summed E-state index contributed by atoms with van der Waals surface area (Å²) < 4.78 is 16.1. The normalized spacial score (nSPS) is 11.3. The van der Waals surface area contributed by atoms with E-state index in [9.17, 15) is 9.18 Å². The second-order valence-electron chi connectivity index (χ2n) is 6.49. The Labute approximate surface area is 168 Å². The predicted molar refractivity (Wildman–Crippen MR) is 112 cm³/mol. The number of nitrogens with zero attached hydrogens (tertiary/aromatic N) is 2. The Kier molecular flexibility index (Phi) is 4.70. The van der Waals surface area contributed by atoms with Crippen molar-refractivity contribution in [3.8, 4) is 11.1 Å². The number of aromatic nitrogens is 2. The highest BCUT2D eigenvalue weighted by molar-refractivity contribution is 9.10. The minimum Gasteiger partial charge on any atom is -0.292 e. The summed E-state index contributed by atoms with van der Waals surface area (Å²) in [5, 5.41) is 2.58. The van der Waals surface area contributed by atoms with E-state index in [4.69, 9.17) is 0 Å². The molecule has 0 aliphatic carbocycles. The van der Waals surface area contributed by atoms with Gasteiger partial charge in [-0.2, -0.15) is 0 Å². The number of aryl methyl sites for hydroxylation is 2. The topological polar surface area (TPSA) is 34.9 Å². The maximum Gasteiger partial charge on any atom is 0.263 e. The van der Waals surface area contributed by atoms with E-state index in [1.807, 2.05) is 37.4 Å². The van der Waals surface area contributed by atoms with Gasteiger partial charge in [0, 0.05) is 15.4 Å². The molecule has 0 bridgehead atoms. The molecule has 0 atom stereocenters. The van der Waals surface area contributed by atoms with E-state index in [1.165, 1.54) is 23.5 Å². The van der Waals surface area contributed by atoms with Crippen molar-refractivity contribution in [2.75, 3.05) is 0 Å². The highest BCUT2D eigenvalue weighted by Crippen LogP contribution is 2.36. The van der Waals surface area contributed by atoms with Gasteiger partial charge in [-0.05, 0) is 43.2 Å². The number of halogens is 2. The first-order valence-electron chi connectivity index (χ1n) is 8.43. The first-order valence-corrected chi connectivity index (χ1v) is 10.1. The maximum atomic E-state index is 13.5. The molecule has 0 fully saturated rings. The van der Waals surface area contributed by atoms with Crippen molar-refractivity contribution in [2.24, 2.45) is 0 Å². The Hall–Kier alpha value is -2.31. The zero-order valence-electron chi connectivity index (χ0n) is 14.8. The van der Waals surface area contributed by atoms with Crippen LogP contribution in [-0.2, 0) is 6.54 Å². The molecular formula is C21H16BrFN2OS. The van der Waals surface area contributed by atoms with Crippen LogP contribution in [0.2, 0.25) is 0 Å². The maximum absolute atomic E-state index is 13.5. The number of hydrogen-bond donors (Lipinski definition) is 0. The van der Waals surface area contributed by atoms with Gasteiger partial charge >= 0.3 is 0 Å². The van der Waals surface area contributed by atoms with Crippen molar-refractivity contribution in [1.29, 1.82) is 0 Å². The number of fused-ring (bicyclic) bond motifs is 1. The Balaban J connectivity index is 1.92. The minimum absolute atomic E-state index is 0.105. The molecule has 4 aromatic rings. The summed E-state index contributed by atoms with van der Waals surface area (Å²) in [6.45, 7) is 4.12. The summed E-state index contributed by atoms with van der Waals surface area (Å²) in [7, 11) is 0. The smallest absolute Gasteiger partial charge is 0.263 e. The fourth-order valence-corrected chi connectivity index (χ4v) is 4.61. The van der Waals surface area contributed by atoms with Gasteiger partial charge in [0.15, 0.2) is 0 Å². The molecule has 2 aromatic heterocycles. The fourth-order valence-electron chi connectivity index (χ4n) is 3.17. The lowest BCUT2D eigenvalue weighted by Gasteiger charge is -2.11. The van der Waals surface area contributed by atoms with E-state index < -0.39 is 0 Å². The molecule has 4 rings (SSSR count). The molecule has 0 N–H and O–H groups in total. The van der Waals surface area contributed by atoms with Gasteiger partial charge < -0.3 is 0 Å². The highest BCUT2D eigenvalue weighted by Gasteiger charge is 2.17.